The van der Waals surface area contributed by atoms with Crippen molar-refractivity contribution in [3.8, 4) is 11.1 Å². The van der Waals surface area contributed by atoms with Crippen LogP contribution < -0.4 is 4.90 Å². The first kappa shape index (κ1) is 26.0. The summed E-state index contributed by atoms with van der Waals surface area (Å²) in [5.74, 6) is 0. The maximum absolute atomic E-state index is 6.74. The van der Waals surface area contributed by atoms with Crippen molar-refractivity contribution in [3.63, 3.8) is 0 Å². The third kappa shape index (κ3) is 4.00. The number of benzene rings is 8. The third-order valence-corrected chi connectivity index (χ3v) is 9.44. The van der Waals surface area contributed by atoms with Crippen LogP contribution in [0.4, 0.5) is 17.1 Å². The lowest BCUT2D eigenvalue weighted by Crippen LogP contribution is -2.09. The molecule has 2 aromatic heterocycles. The molecular weight excluding hydrogens is 574 g/mol. The zero-order valence-electron chi connectivity index (χ0n) is 25.4. The summed E-state index contributed by atoms with van der Waals surface area (Å²) < 4.78 is 12.9. The maximum Gasteiger partial charge on any atom is 0.147 e. The Morgan fingerprint density at radius 1 is 0.362 bits per heavy atom. The van der Waals surface area contributed by atoms with E-state index in [1.165, 1.54) is 21.5 Å². The molecule has 0 aliphatic carbocycles. The normalized spacial score (nSPS) is 11.8. The molecule has 0 aliphatic heterocycles. The van der Waals surface area contributed by atoms with Crippen molar-refractivity contribution >= 4 is 82.5 Å². The summed E-state index contributed by atoms with van der Waals surface area (Å²) >= 11 is 0. The van der Waals surface area contributed by atoms with E-state index in [1.54, 1.807) is 0 Å². The van der Waals surface area contributed by atoms with E-state index in [9.17, 15) is 0 Å². The Balaban J connectivity index is 1.10. The van der Waals surface area contributed by atoms with Crippen LogP contribution >= 0.6 is 0 Å². The second-order valence-corrected chi connectivity index (χ2v) is 12.1. The first-order chi connectivity index (χ1) is 23.3. The quantitative estimate of drug-likeness (QED) is 0.188. The lowest BCUT2D eigenvalue weighted by molar-refractivity contribution is 0.663. The Bertz CT molecular complexity index is 2790. The number of rotatable bonds is 4. The summed E-state index contributed by atoms with van der Waals surface area (Å²) in [5, 5.41) is 9.29. The summed E-state index contributed by atoms with van der Waals surface area (Å²) in [6.45, 7) is 0. The van der Waals surface area contributed by atoms with Gasteiger partial charge in [-0.2, -0.15) is 0 Å². The van der Waals surface area contributed by atoms with Gasteiger partial charge in [-0.25, -0.2) is 0 Å². The van der Waals surface area contributed by atoms with Crippen molar-refractivity contribution in [1.82, 2.24) is 0 Å². The standard InChI is InChI=1S/C44H27NO2/c1-2-10-31(11-3-1)45(33-23-24-35-30(27-33)18-17-28-9-4-5-12-34(28)35)32-21-19-29(20-22-32)36-14-8-15-37-38-25-26-41-42(44(38)47-43(36)37)39-13-6-7-16-40(39)46-41/h1-27H. The van der Waals surface area contributed by atoms with E-state index in [0.29, 0.717) is 0 Å². The zero-order chi connectivity index (χ0) is 30.9. The van der Waals surface area contributed by atoms with Gasteiger partial charge >= 0.3 is 0 Å². The monoisotopic (exact) mass is 601 g/mol. The van der Waals surface area contributed by atoms with Gasteiger partial charge in [0.05, 0.1) is 5.39 Å². The van der Waals surface area contributed by atoms with Gasteiger partial charge in [0.15, 0.2) is 0 Å². The molecule has 8 aromatic carbocycles. The topological polar surface area (TPSA) is 29.5 Å². The molecule has 47 heavy (non-hydrogen) atoms. The fraction of sp³-hybridized carbons (Fsp3) is 0. The van der Waals surface area contributed by atoms with Crippen molar-refractivity contribution < 1.29 is 8.83 Å². The molecule has 2 heterocycles. The number of hydrogen-bond acceptors (Lipinski definition) is 3. The molecule has 0 saturated carbocycles. The van der Waals surface area contributed by atoms with Crippen LogP contribution in [0.3, 0.4) is 0 Å². The number of hydrogen-bond donors (Lipinski definition) is 0. The van der Waals surface area contributed by atoms with Gasteiger partial charge in [-0.3, -0.25) is 0 Å². The zero-order valence-corrected chi connectivity index (χ0v) is 25.4. The predicted molar refractivity (Wildman–Crippen MR) is 196 cm³/mol. The van der Waals surface area contributed by atoms with Gasteiger partial charge in [-0.1, -0.05) is 109 Å². The SMILES string of the molecule is c1ccc(N(c2ccc(-c3cccc4c3oc3c4ccc4oc5ccccc5c43)cc2)c2ccc3c(ccc4ccccc43)c2)cc1. The highest BCUT2D eigenvalue weighted by molar-refractivity contribution is 6.23. The van der Waals surface area contributed by atoms with Crippen molar-refractivity contribution in [2.45, 2.75) is 0 Å². The minimum Gasteiger partial charge on any atom is -0.456 e. The lowest BCUT2D eigenvalue weighted by Gasteiger charge is -2.26. The van der Waals surface area contributed by atoms with Crippen molar-refractivity contribution in [2.75, 3.05) is 4.90 Å². The van der Waals surface area contributed by atoms with Crippen LogP contribution in [0, 0.1) is 0 Å². The Labute approximate surface area is 270 Å². The minimum atomic E-state index is 0.839. The summed E-state index contributed by atoms with van der Waals surface area (Å²) in [7, 11) is 0. The molecule has 10 rings (SSSR count). The van der Waals surface area contributed by atoms with Crippen LogP contribution in [0.15, 0.2) is 173 Å². The Kier molecular flexibility index (Phi) is 5.57. The number of anilines is 3. The minimum absolute atomic E-state index is 0.839. The Morgan fingerprint density at radius 2 is 1.02 bits per heavy atom. The molecule has 220 valence electrons. The van der Waals surface area contributed by atoms with Crippen LogP contribution in [-0.2, 0) is 0 Å². The summed E-state index contributed by atoms with van der Waals surface area (Å²) in [4.78, 5) is 2.32. The fourth-order valence-corrected chi connectivity index (χ4v) is 7.25. The molecule has 0 saturated heterocycles. The van der Waals surface area contributed by atoms with Gasteiger partial charge in [0, 0.05) is 38.8 Å². The van der Waals surface area contributed by atoms with Crippen LogP contribution in [-0.4, -0.2) is 0 Å². The molecule has 10 aromatic rings. The molecule has 3 nitrogen and oxygen atoms in total. The summed E-state index contributed by atoms with van der Waals surface area (Å²) in [6.07, 6.45) is 0. The van der Waals surface area contributed by atoms with Gasteiger partial charge in [0.2, 0.25) is 0 Å². The van der Waals surface area contributed by atoms with E-state index in [1.807, 2.05) is 18.2 Å². The highest BCUT2D eigenvalue weighted by atomic mass is 16.3. The van der Waals surface area contributed by atoms with E-state index in [2.05, 4.69) is 150 Å². The average molecular weight is 602 g/mol. The molecule has 3 heteroatoms. The van der Waals surface area contributed by atoms with E-state index in [0.717, 1.165) is 72.1 Å². The smallest absolute Gasteiger partial charge is 0.147 e. The van der Waals surface area contributed by atoms with Gasteiger partial charge in [-0.15, -0.1) is 0 Å². The Morgan fingerprint density at radius 3 is 1.91 bits per heavy atom. The van der Waals surface area contributed by atoms with E-state index in [4.69, 9.17) is 8.83 Å². The highest BCUT2D eigenvalue weighted by Crippen LogP contribution is 2.43. The van der Waals surface area contributed by atoms with Gasteiger partial charge in [0.25, 0.3) is 0 Å². The highest BCUT2D eigenvalue weighted by Gasteiger charge is 2.19. The molecule has 0 bridgehead atoms. The van der Waals surface area contributed by atoms with Crippen LogP contribution in [0.1, 0.15) is 0 Å². The van der Waals surface area contributed by atoms with Crippen molar-refractivity contribution in [1.29, 1.82) is 0 Å². The molecular formula is C44H27NO2. The molecule has 0 unspecified atom stereocenters. The Hall–Kier alpha value is -6.32. The predicted octanol–water partition coefficient (Wildman–Crippen LogP) is 12.9. The first-order valence-electron chi connectivity index (χ1n) is 15.9. The van der Waals surface area contributed by atoms with Gasteiger partial charge in [0.1, 0.15) is 22.3 Å². The average Bonchev–Trinajstić information content (AvgIpc) is 3.71. The maximum atomic E-state index is 6.74. The number of nitrogens with zero attached hydrogens (tertiary/aromatic N) is 1. The molecule has 0 atom stereocenters. The van der Waals surface area contributed by atoms with Crippen molar-refractivity contribution in [2.24, 2.45) is 0 Å². The summed E-state index contributed by atoms with van der Waals surface area (Å²) in [5.41, 5.74) is 8.93. The van der Waals surface area contributed by atoms with Crippen LogP contribution in [0.5, 0.6) is 0 Å². The van der Waals surface area contributed by atoms with E-state index < -0.39 is 0 Å². The van der Waals surface area contributed by atoms with Crippen molar-refractivity contribution in [3.05, 3.63) is 164 Å². The first-order valence-corrected chi connectivity index (χ1v) is 15.9. The number of para-hydroxylation sites is 3. The third-order valence-electron chi connectivity index (χ3n) is 9.44. The fourth-order valence-electron chi connectivity index (χ4n) is 7.25. The van der Waals surface area contributed by atoms with Gasteiger partial charge < -0.3 is 13.7 Å². The lowest BCUT2D eigenvalue weighted by atomic mass is 10.0. The second kappa shape index (κ2) is 10.1. The number of furan rings is 2. The summed E-state index contributed by atoms with van der Waals surface area (Å²) in [6, 6.07) is 57.9. The molecule has 0 N–H and O–H groups in total. The molecule has 0 fully saturated rings. The van der Waals surface area contributed by atoms with Crippen LogP contribution in [0.2, 0.25) is 0 Å². The number of fused-ring (bicyclic) bond motifs is 10. The van der Waals surface area contributed by atoms with E-state index >= 15 is 0 Å². The van der Waals surface area contributed by atoms with Gasteiger partial charge in [-0.05, 0) is 81.7 Å². The molecule has 0 aliphatic rings. The van der Waals surface area contributed by atoms with Crippen LogP contribution in [0.25, 0.3) is 76.5 Å². The second-order valence-electron chi connectivity index (χ2n) is 12.1. The molecule has 0 spiro atoms. The van der Waals surface area contributed by atoms with E-state index in [-0.39, 0.29) is 0 Å². The molecule has 0 radical (unpaired) electrons. The largest absolute Gasteiger partial charge is 0.456 e. The molecule has 0 amide bonds.